The maximum atomic E-state index is 10.9. The monoisotopic (exact) mass is 320 g/mol. The number of allylic oxidation sites excluding steroid dienone is 1. The van der Waals surface area contributed by atoms with Crippen molar-refractivity contribution < 1.29 is 24.8 Å². The molecular weight excluding hydrogens is 296 g/mol. The van der Waals surface area contributed by atoms with Crippen molar-refractivity contribution >= 4 is 0 Å². The summed E-state index contributed by atoms with van der Waals surface area (Å²) in [4.78, 5) is 0. The lowest BCUT2D eigenvalue weighted by Crippen LogP contribution is -2.55. The summed E-state index contributed by atoms with van der Waals surface area (Å²) in [6.07, 6.45) is 1.61. The van der Waals surface area contributed by atoms with E-state index in [4.69, 9.17) is 9.47 Å². The van der Waals surface area contributed by atoms with Gasteiger partial charge in [0.05, 0.1) is 24.9 Å². The smallest absolute Gasteiger partial charge is 0.160 e. The van der Waals surface area contributed by atoms with E-state index in [0.717, 1.165) is 11.1 Å². The van der Waals surface area contributed by atoms with Crippen molar-refractivity contribution in [3.63, 3.8) is 0 Å². The third-order valence-corrected chi connectivity index (χ3v) is 5.16. The normalized spacial score (nSPS) is 37.0. The van der Waals surface area contributed by atoms with Crippen molar-refractivity contribution in [1.82, 2.24) is 0 Å². The molecule has 5 atom stereocenters. The standard InChI is InChI=1S/C18H24O5/c1-10-4-6-12-17(16(10)20)23-15(9-18(12,2)21)11-5-7-13(19)14(8-11)22-3/h4-5,7-8,12,15-17,19-21H,6,9H2,1-3H3/t12-,15+,16-,17-,18?/m0/s1. The molecule has 1 aliphatic heterocycles. The molecule has 5 nitrogen and oxygen atoms in total. The Morgan fingerprint density at radius 1 is 1.35 bits per heavy atom. The number of benzene rings is 1. The van der Waals surface area contributed by atoms with Crippen LogP contribution in [0.25, 0.3) is 0 Å². The number of fused-ring (bicyclic) bond motifs is 1. The summed E-state index contributed by atoms with van der Waals surface area (Å²) >= 11 is 0. The van der Waals surface area contributed by atoms with E-state index in [0.29, 0.717) is 18.6 Å². The zero-order valence-electron chi connectivity index (χ0n) is 13.7. The Labute approximate surface area is 136 Å². The Hall–Kier alpha value is -1.56. The predicted octanol–water partition coefficient (Wildman–Crippen LogP) is 2.31. The van der Waals surface area contributed by atoms with E-state index < -0.39 is 17.8 Å². The quantitative estimate of drug-likeness (QED) is 0.729. The molecule has 0 radical (unpaired) electrons. The molecule has 3 N–H and O–H groups in total. The Kier molecular flexibility index (Phi) is 4.12. The van der Waals surface area contributed by atoms with Crippen molar-refractivity contribution in [3.05, 3.63) is 35.4 Å². The number of aliphatic hydroxyl groups is 2. The first kappa shape index (κ1) is 16.3. The molecule has 1 aromatic rings. The highest BCUT2D eigenvalue weighted by molar-refractivity contribution is 5.42. The van der Waals surface area contributed by atoms with E-state index in [9.17, 15) is 15.3 Å². The van der Waals surface area contributed by atoms with Crippen LogP contribution < -0.4 is 4.74 Å². The number of methoxy groups -OCH3 is 1. The molecule has 3 rings (SSSR count). The summed E-state index contributed by atoms with van der Waals surface area (Å²) in [5.74, 6) is 0.303. The van der Waals surface area contributed by atoms with Gasteiger partial charge in [-0.3, -0.25) is 0 Å². The van der Waals surface area contributed by atoms with Crippen molar-refractivity contribution in [3.8, 4) is 11.5 Å². The van der Waals surface area contributed by atoms with Gasteiger partial charge in [-0.15, -0.1) is 0 Å². The minimum Gasteiger partial charge on any atom is -0.504 e. The minimum atomic E-state index is -0.934. The number of aliphatic hydroxyl groups excluding tert-OH is 1. The first-order valence-corrected chi connectivity index (χ1v) is 7.93. The van der Waals surface area contributed by atoms with Crippen molar-refractivity contribution in [1.29, 1.82) is 0 Å². The van der Waals surface area contributed by atoms with E-state index in [1.165, 1.54) is 7.11 Å². The molecule has 5 heteroatoms. The van der Waals surface area contributed by atoms with Gasteiger partial charge in [0.25, 0.3) is 0 Å². The molecule has 1 aromatic carbocycles. The van der Waals surface area contributed by atoms with Gasteiger partial charge in [-0.25, -0.2) is 0 Å². The van der Waals surface area contributed by atoms with Crippen LogP contribution in [0.1, 0.15) is 38.4 Å². The van der Waals surface area contributed by atoms with Crippen LogP contribution in [0.4, 0.5) is 0 Å². The average molecular weight is 320 g/mol. The molecule has 126 valence electrons. The van der Waals surface area contributed by atoms with Crippen molar-refractivity contribution in [2.75, 3.05) is 7.11 Å². The molecule has 1 saturated heterocycles. The Bertz CT molecular complexity index is 622. The zero-order chi connectivity index (χ0) is 16.8. The van der Waals surface area contributed by atoms with Crippen molar-refractivity contribution in [2.45, 2.75) is 50.6 Å². The predicted molar refractivity (Wildman–Crippen MR) is 85.4 cm³/mol. The van der Waals surface area contributed by atoms with E-state index >= 15 is 0 Å². The minimum absolute atomic E-state index is 0.0631. The lowest BCUT2D eigenvalue weighted by atomic mass is 9.70. The number of phenolic OH excluding ortho intramolecular Hbond substituents is 1. The lowest BCUT2D eigenvalue weighted by molar-refractivity contribution is -0.206. The number of phenols is 1. The molecule has 1 fully saturated rings. The third kappa shape index (κ3) is 2.84. The highest BCUT2D eigenvalue weighted by Crippen LogP contribution is 2.47. The van der Waals surface area contributed by atoms with Crippen LogP contribution in [-0.4, -0.2) is 40.2 Å². The lowest BCUT2D eigenvalue weighted by Gasteiger charge is -2.49. The summed E-state index contributed by atoms with van der Waals surface area (Å²) in [6.45, 7) is 3.69. The summed E-state index contributed by atoms with van der Waals surface area (Å²) in [5, 5.41) is 31.1. The second-order valence-corrected chi connectivity index (χ2v) is 6.82. The first-order valence-electron chi connectivity index (χ1n) is 7.93. The largest absolute Gasteiger partial charge is 0.504 e. The molecule has 2 aliphatic rings. The molecule has 23 heavy (non-hydrogen) atoms. The zero-order valence-corrected chi connectivity index (χ0v) is 13.7. The van der Waals surface area contributed by atoms with E-state index in [-0.39, 0.29) is 17.8 Å². The van der Waals surface area contributed by atoms with Gasteiger partial charge in [0.1, 0.15) is 6.10 Å². The maximum Gasteiger partial charge on any atom is 0.160 e. The summed E-state index contributed by atoms with van der Waals surface area (Å²) in [5.41, 5.74) is 0.764. The van der Waals surface area contributed by atoms with Crippen LogP contribution in [0.2, 0.25) is 0 Å². The van der Waals surface area contributed by atoms with Gasteiger partial charge in [0, 0.05) is 12.3 Å². The van der Waals surface area contributed by atoms with E-state index in [2.05, 4.69) is 0 Å². The summed E-state index contributed by atoms with van der Waals surface area (Å²) in [6, 6.07) is 5.03. The van der Waals surface area contributed by atoms with Crippen LogP contribution in [0.3, 0.4) is 0 Å². The first-order chi connectivity index (χ1) is 10.8. The average Bonchev–Trinajstić information content (AvgIpc) is 2.51. The number of hydrogen-bond donors (Lipinski definition) is 3. The highest BCUT2D eigenvalue weighted by Gasteiger charge is 2.49. The molecule has 0 aromatic heterocycles. The molecule has 0 spiro atoms. The second kappa shape index (κ2) is 5.82. The summed E-state index contributed by atoms with van der Waals surface area (Å²) < 4.78 is 11.3. The number of aromatic hydroxyl groups is 1. The Morgan fingerprint density at radius 3 is 2.78 bits per heavy atom. The third-order valence-electron chi connectivity index (χ3n) is 5.16. The van der Waals surface area contributed by atoms with E-state index in [1.54, 1.807) is 25.1 Å². The molecule has 0 saturated carbocycles. The van der Waals surface area contributed by atoms with E-state index in [1.807, 2.05) is 13.0 Å². The Morgan fingerprint density at radius 2 is 2.09 bits per heavy atom. The fourth-order valence-corrected chi connectivity index (χ4v) is 3.68. The van der Waals surface area contributed by atoms with Crippen LogP contribution in [0.15, 0.2) is 29.8 Å². The molecule has 0 amide bonds. The molecule has 1 heterocycles. The van der Waals surface area contributed by atoms with Crippen LogP contribution in [0.5, 0.6) is 11.5 Å². The molecular formula is C18H24O5. The van der Waals surface area contributed by atoms with Crippen LogP contribution in [-0.2, 0) is 4.74 Å². The molecule has 1 unspecified atom stereocenters. The Balaban J connectivity index is 1.92. The fourth-order valence-electron chi connectivity index (χ4n) is 3.68. The van der Waals surface area contributed by atoms with Gasteiger partial charge in [-0.2, -0.15) is 0 Å². The van der Waals surface area contributed by atoms with Gasteiger partial charge < -0.3 is 24.8 Å². The number of rotatable bonds is 2. The van der Waals surface area contributed by atoms with Crippen molar-refractivity contribution in [2.24, 2.45) is 5.92 Å². The maximum absolute atomic E-state index is 10.9. The van der Waals surface area contributed by atoms with Gasteiger partial charge in [0.2, 0.25) is 0 Å². The van der Waals surface area contributed by atoms with Gasteiger partial charge in [-0.1, -0.05) is 12.1 Å². The summed E-state index contributed by atoms with van der Waals surface area (Å²) in [7, 11) is 1.49. The fraction of sp³-hybridized carbons (Fsp3) is 0.556. The SMILES string of the molecule is COc1cc([C@H]2CC(C)(O)[C@H]3CC=C(C)[C@H](O)[C@H]3O2)ccc1O. The van der Waals surface area contributed by atoms with Gasteiger partial charge in [-0.05, 0) is 43.5 Å². The number of hydrogen-bond acceptors (Lipinski definition) is 5. The van der Waals surface area contributed by atoms with Gasteiger partial charge >= 0.3 is 0 Å². The highest BCUT2D eigenvalue weighted by atomic mass is 16.5. The topological polar surface area (TPSA) is 79.2 Å². The van der Waals surface area contributed by atoms with Gasteiger partial charge in [0.15, 0.2) is 11.5 Å². The van der Waals surface area contributed by atoms with Crippen LogP contribution >= 0.6 is 0 Å². The molecule has 1 aliphatic carbocycles. The van der Waals surface area contributed by atoms with Crippen LogP contribution in [0, 0.1) is 5.92 Å². The molecule has 0 bridgehead atoms. The number of ether oxygens (including phenoxy) is 2. The second-order valence-electron chi connectivity index (χ2n) is 6.82.